The van der Waals surface area contributed by atoms with Crippen molar-refractivity contribution in [2.45, 2.75) is 6.92 Å². The molecule has 0 amide bonds. The molecule has 2 aromatic rings. The van der Waals surface area contributed by atoms with E-state index in [9.17, 15) is 17.6 Å². The maximum Gasteiger partial charge on any atom is 0.198 e. The van der Waals surface area contributed by atoms with E-state index in [-0.39, 0.29) is 22.0 Å². The van der Waals surface area contributed by atoms with Crippen molar-refractivity contribution < 1.29 is 17.6 Å². The van der Waals surface area contributed by atoms with Gasteiger partial charge in [-0.15, -0.1) is 0 Å². The fourth-order valence-corrected chi connectivity index (χ4v) is 1.70. The molecule has 0 bridgehead atoms. The van der Waals surface area contributed by atoms with Crippen molar-refractivity contribution in [3.05, 3.63) is 41.0 Å². The first-order chi connectivity index (χ1) is 7.43. The van der Waals surface area contributed by atoms with Crippen LogP contribution in [0.2, 0.25) is 0 Å². The molecule has 16 heavy (non-hydrogen) atoms. The molecule has 84 valence electrons. The number of aryl methyl sites for hydroxylation is 1. The molecule has 2 N–H and O–H groups in total. The zero-order valence-electron chi connectivity index (χ0n) is 8.24. The van der Waals surface area contributed by atoms with Crippen molar-refractivity contribution in [2.75, 3.05) is 5.73 Å². The quantitative estimate of drug-likeness (QED) is 0.319. The van der Waals surface area contributed by atoms with Gasteiger partial charge in [0.2, 0.25) is 0 Å². The van der Waals surface area contributed by atoms with Crippen LogP contribution in [0.25, 0.3) is 10.8 Å². The van der Waals surface area contributed by atoms with Gasteiger partial charge in [-0.2, -0.15) is 0 Å². The number of fused-ring (bicyclic) bond motifs is 1. The number of anilines is 1. The summed E-state index contributed by atoms with van der Waals surface area (Å²) in [6, 6.07) is 2.44. The molecule has 0 aliphatic rings. The van der Waals surface area contributed by atoms with Crippen molar-refractivity contribution in [3.8, 4) is 0 Å². The number of nitrogens with two attached hydrogens (primary N) is 1. The van der Waals surface area contributed by atoms with Gasteiger partial charge < -0.3 is 5.73 Å². The van der Waals surface area contributed by atoms with Gasteiger partial charge in [-0.05, 0) is 24.6 Å². The average molecular weight is 229 g/mol. The minimum absolute atomic E-state index is 0.161. The molecule has 0 unspecified atom stereocenters. The van der Waals surface area contributed by atoms with E-state index in [1.165, 1.54) is 13.0 Å². The van der Waals surface area contributed by atoms with E-state index in [2.05, 4.69) is 0 Å². The predicted molar refractivity (Wildman–Crippen MR) is 52.9 cm³/mol. The fourth-order valence-electron chi connectivity index (χ4n) is 1.70. The van der Waals surface area contributed by atoms with Crippen LogP contribution in [0, 0.1) is 30.2 Å². The van der Waals surface area contributed by atoms with Crippen LogP contribution in [0.3, 0.4) is 0 Å². The lowest BCUT2D eigenvalue weighted by Crippen LogP contribution is -2.00. The molecule has 0 radical (unpaired) electrons. The molecule has 0 atom stereocenters. The van der Waals surface area contributed by atoms with Crippen molar-refractivity contribution >= 4 is 16.5 Å². The molecule has 0 saturated carbocycles. The lowest BCUT2D eigenvalue weighted by Gasteiger charge is -2.08. The third kappa shape index (κ3) is 1.31. The highest BCUT2D eigenvalue weighted by molar-refractivity contribution is 5.89. The van der Waals surface area contributed by atoms with Crippen LogP contribution >= 0.6 is 0 Å². The Kier molecular flexibility index (Phi) is 2.26. The molecule has 1 nitrogen and oxygen atoms in total. The molecule has 0 aliphatic carbocycles. The van der Waals surface area contributed by atoms with Crippen LogP contribution in [-0.4, -0.2) is 0 Å². The van der Waals surface area contributed by atoms with E-state index >= 15 is 0 Å². The first-order valence-electron chi connectivity index (χ1n) is 4.45. The largest absolute Gasteiger partial charge is 0.399 e. The number of benzene rings is 2. The van der Waals surface area contributed by atoms with Crippen molar-refractivity contribution in [1.29, 1.82) is 0 Å². The van der Waals surface area contributed by atoms with Gasteiger partial charge in [0.15, 0.2) is 23.3 Å². The second kappa shape index (κ2) is 3.37. The number of hydrogen-bond acceptors (Lipinski definition) is 1. The van der Waals surface area contributed by atoms with Gasteiger partial charge in [0.05, 0.1) is 0 Å². The van der Waals surface area contributed by atoms with Crippen LogP contribution in [0.4, 0.5) is 23.2 Å². The fraction of sp³-hybridized carbons (Fsp3) is 0.0909. The van der Waals surface area contributed by atoms with Crippen LogP contribution < -0.4 is 5.73 Å². The number of rotatable bonds is 0. The van der Waals surface area contributed by atoms with Crippen LogP contribution in [0.1, 0.15) is 5.56 Å². The summed E-state index contributed by atoms with van der Waals surface area (Å²) in [5.74, 6) is -6.46. The zero-order valence-corrected chi connectivity index (χ0v) is 8.24. The monoisotopic (exact) mass is 229 g/mol. The minimum Gasteiger partial charge on any atom is -0.399 e. The summed E-state index contributed by atoms with van der Waals surface area (Å²) in [6.07, 6.45) is 0. The molecule has 2 aromatic carbocycles. The normalized spacial score (nSPS) is 11.1. The Morgan fingerprint density at radius 2 is 1.44 bits per heavy atom. The Bertz CT molecular complexity index is 593. The first-order valence-corrected chi connectivity index (χ1v) is 4.45. The Labute approximate surface area is 88.5 Å². The maximum absolute atomic E-state index is 13.4. The first kappa shape index (κ1) is 10.7. The highest BCUT2D eigenvalue weighted by atomic mass is 19.2. The van der Waals surface area contributed by atoms with Gasteiger partial charge in [0.1, 0.15) is 0 Å². The van der Waals surface area contributed by atoms with E-state index in [4.69, 9.17) is 5.73 Å². The lowest BCUT2D eigenvalue weighted by atomic mass is 10.0. The van der Waals surface area contributed by atoms with Crippen molar-refractivity contribution in [2.24, 2.45) is 0 Å². The van der Waals surface area contributed by atoms with E-state index in [0.717, 1.165) is 6.07 Å². The molecular formula is C11H7F4N. The van der Waals surface area contributed by atoms with Gasteiger partial charge in [-0.3, -0.25) is 0 Å². The molecule has 0 spiro atoms. The topological polar surface area (TPSA) is 26.0 Å². The van der Waals surface area contributed by atoms with Crippen LogP contribution in [0.5, 0.6) is 0 Å². The van der Waals surface area contributed by atoms with Crippen molar-refractivity contribution in [3.63, 3.8) is 0 Å². The third-order valence-electron chi connectivity index (χ3n) is 2.39. The summed E-state index contributed by atoms with van der Waals surface area (Å²) >= 11 is 0. The number of nitrogen functional groups attached to an aromatic ring is 1. The highest BCUT2D eigenvalue weighted by Gasteiger charge is 2.21. The summed E-state index contributed by atoms with van der Waals surface area (Å²) in [5.41, 5.74) is 5.84. The molecular weight excluding hydrogens is 222 g/mol. The number of halogens is 4. The Morgan fingerprint density at radius 1 is 0.875 bits per heavy atom. The van der Waals surface area contributed by atoms with Gasteiger partial charge in [0, 0.05) is 16.5 Å². The van der Waals surface area contributed by atoms with E-state index in [0.29, 0.717) is 0 Å². The average Bonchev–Trinajstić information content (AvgIpc) is 2.22. The summed E-state index contributed by atoms with van der Waals surface area (Å²) < 4.78 is 52.7. The second-order valence-electron chi connectivity index (χ2n) is 3.52. The maximum atomic E-state index is 13.4. The van der Waals surface area contributed by atoms with Gasteiger partial charge >= 0.3 is 0 Å². The van der Waals surface area contributed by atoms with Crippen molar-refractivity contribution in [1.82, 2.24) is 0 Å². The van der Waals surface area contributed by atoms with E-state index < -0.39 is 23.3 Å². The summed E-state index contributed by atoms with van der Waals surface area (Å²) in [5, 5.41) is -0.639. The third-order valence-corrected chi connectivity index (χ3v) is 2.39. The summed E-state index contributed by atoms with van der Waals surface area (Å²) in [7, 11) is 0. The SMILES string of the molecule is Cc1cc(N)cc2c(F)c(F)c(F)c(F)c12. The molecule has 0 fully saturated rings. The van der Waals surface area contributed by atoms with Crippen LogP contribution in [-0.2, 0) is 0 Å². The van der Waals surface area contributed by atoms with Gasteiger partial charge in [-0.1, -0.05) is 0 Å². The summed E-state index contributed by atoms with van der Waals surface area (Å²) in [6.45, 7) is 1.44. The molecule has 0 saturated heterocycles. The summed E-state index contributed by atoms with van der Waals surface area (Å²) in [4.78, 5) is 0. The molecule has 0 heterocycles. The van der Waals surface area contributed by atoms with Gasteiger partial charge in [0.25, 0.3) is 0 Å². The minimum atomic E-state index is -1.82. The standard InChI is InChI=1S/C11H7F4N/c1-4-2-5(16)3-6-7(4)9(13)11(15)10(14)8(6)12/h2-3H,16H2,1H3. The highest BCUT2D eigenvalue weighted by Crippen LogP contribution is 2.30. The van der Waals surface area contributed by atoms with E-state index in [1.54, 1.807) is 0 Å². The molecule has 5 heteroatoms. The number of hydrogen-bond donors (Lipinski definition) is 1. The second-order valence-corrected chi connectivity index (χ2v) is 3.52. The Morgan fingerprint density at radius 3 is 2.06 bits per heavy atom. The van der Waals surface area contributed by atoms with E-state index in [1.807, 2.05) is 0 Å². The van der Waals surface area contributed by atoms with Gasteiger partial charge in [-0.25, -0.2) is 17.6 Å². The molecule has 0 aliphatic heterocycles. The smallest absolute Gasteiger partial charge is 0.198 e. The van der Waals surface area contributed by atoms with Crippen LogP contribution in [0.15, 0.2) is 12.1 Å². The molecule has 0 aromatic heterocycles. The lowest BCUT2D eigenvalue weighted by molar-refractivity contribution is 0.418. The zero-order chi connectivity index (χ0) is 12.0. The molecule has 2 rings (SSSR count). The Balaban J connectivity index is 3.08. The predicted octanol–water partition coefficient (Wildman–Crippen LogP) is 3.29. The Hall–Kier alpha value is -1.78.